The molecule has 2 heterocycles. The molecule has 23 heavy (non-hydrogen) atoms. The van der Waals surface area contributed by atoms with Crippen molar-refractivity contribution in [1.29, 1.82) is 0 Å². The first-order valence-corrected chi connectivity index (χ1v) is 9.72. The molecule has 0 bridgehead atoms. The Morgan fingerprint density at radius 1 is 1.52 bits per heavy atom. The van der Waals surface area contributed by atoms with E-state index in [0.717, 1.165) is 17.6 Å². The van der Waals surface area contributed by atoms with Gasteiger partial charge in [0.05, 0.1) is 11.3 Å². The summed E-state index contributed by atoms with van der Waals surface area (Å²) in [7, 11) is -1.71. The largest absolute Gasteiger partial charge is 0.619 e. The van der Waals surface area contributed by atoms with E-state index in [0.29, 0.717) is 20.3 Å². The molecule has 0 fully saturated rings. The molecule has 0 spiro atoms. The molecule has 0 saturated heterocycles. The van der Waals surface area contributed by atoms with E-state index in [9.17, 15) is 18.4 Å². The summed E-state index contributed by atoms with van der Waals surface area (Å²) in [6, 6.07) is 3.29. The predicted molar refractivity (Wildman–Crippen MR) is 89.3 cm³/mol. The van der Waals surface area contributed by atoms with Gasteiger partial charge >= 0.3 is 0 Å². The Balaban J connectivity index is 2.22. The molecule has 2 rings (SSSR count). The van der Waals surface area contributed by atoms with Gasteiger partial charge < -0.3 is 10.1 Å². The number of pyridine rings is 1. The number of halogens is 1. The van der Waals surface area contributed by atoms with E-state index < -0.39 is 9.84 Å². The summed E-state index contributed by atoms with van der Waals surface area (Å²) in [4.78, 5) is 17.5. The van der Waals surface area contributed by atoms with Gasteiger partial charge in [0, 0.05) is 25.8 Å². The van der Waals surface area contributed by atoms with Gasteiger partial charge in [0.15, 0.2) is 17.5 Å². The summed E-state index contributed by atoms with van der Waals surface area (Å²) in [6.45, 7) is 0. The van der Waals surface area contributed by atoms with Crippen molar-refractivity contribution in [2.24, 2.45) is 0 Å². The molecule has 0 aliphatic carbocycles. The van der Waals surface area contributed by atoms with Crippen LogP contribution in [0.4, 0.5) is 5.00 Å². The molecule has 0 atom stereocenters. The van der Waals surface area contributed by atoms with Crippen LogP contribution < -0.4 is 9.63 Å². The number of anilines is 1. The maximum absolute atomic E-state index is 12.1. The fraction of sp³-hybridized carbons (Fsp3) is 0.308. The Kier molecular flexibility index (Phi) is 5.23. The Morgan fingerprint density at radius 2 is 2.22 bits per heavy atom. The number of sulfone groups is 1. The van der Waals surface area contributed by atoms with E-state index in [1.807, 2.05) is 0 Å². The topological polar surface area (TPSA) is 94.3 Å². The van der Waals surface area contributed by atoms with Crippen LogP contribution in [0.15, 0.2) is 24.5 Å². The monoisotopic (exact) mass is 375 g/mol. The van der Waals surface area contributed by atoms with Crippen molar-refractivity contribution in [2.75, 3.05) is 24.0 Å². The predicted octanol–water partition coefficient (Wildman–Crippen LogP) is 1.49. The lowest BCUT2D eigenvalue weighted by Gasteiger charge is -2.14. The molecule has 0 N–H and O–H groups in total. The lowest BCUT2D eigenvalue weighted by molar-refractivity contribution is -0.604. The normalized spacial score (nSPS) is 11.4. The molecule has 0 unspecified atom stereocenters. The Labute approximate surface area is 142 Å². The van der Waals surface area contributed by atoms with Gasteiger partial charge in [-0.1, -0.05) is 22.9 Å². The molecule has 2 aromatic heterocycles. The molecule has 0 aliphatic heterocycles. The molecule has 0 saturated carbocycles. The fourth-order valence-corrected chi connectivity index (χ4v) is 3.61. The van der Waals surface area contributed by atoms with Gasteiger partial charge in [-0.3, -0.25) is 4.79 Å². The third kappa shape index (κ3) is 4.63. The van der Waals surface area contributed by atoms with Crippen molar-refractivity contribution in [3.63, 3.8) is 0 Å². The summed E-state index contributed by atoms with van der Waals surface area (Å²) in [5.41, 5.74) is 0.581. The molecule has 0 aromatic carbocycles. The van der Waals surface area contributed by atoms with Crippen molar-refractivity contribution in [3.05, 3.63) is 34.9 Å². The van der Waals surface area contributed by atoms with Crippen molar-refractivity contribution in [2.45, 2.75) is 6.42 Å². The second kappa shape index (κ2) is 6.81. The number of hydrogen-bond donors (Lipinski definition) is 0. The number of rotatable bonds is 5. The second-order valence-corrected chi connectivity index (χ2v) is 8.50. The highest BCUT2D eigenvalue weighted by Crippen LogP contribution is 2.36. The molecule has 10 heteroatoms. The Bertz CT molecular complexity index is 835. The van der Waals surface area contributed by atoms with E-state index in [-0.39, 0.29) is 23.2 Å². The third-order valence-electron chi connectivity index (χ3n) is 2.96. The zero-order valence-electron chi connectivity index (χ0n) is 12.4. The second-order valence-electron chi connectivity index (χ2n) is 4.90. The SMILES string of the molecule is CN(C(=O)CCS(C)(=O)=O)c1sc(-c2ccc[n+]([O-])c2)nc1Cl. The minimum atomic E-state index is -3.22. The molecule has 1 amide bonds. The van der Waals surface area contributed by atoms with Crippen LogP contribution in [-0.2, 0) is 14.6 Å². The number of carbonyl (C=O) groups excluding carboxylic acids is 1. The van der Waals surface area contributed by atoms with Crippen LogP contribution in [0.3, 0.4) is 0 Å². The van der Waals surface area contributed by atoms with E-state index in [2.05, 4.69) is 4.98 Å². The van der Waals surface area contributed by atoms with Crippen LogP contribution >= 0.6 is 22.9 Å². The zero-order chi connectivity index (χ0) is 17.2. The van der Waals surface area contributed by atoms with E-state index >= 15 is 0 Å². The molecule has 124 valence electrons. The summed E-state index contributed by atoms with van der Waals surface area (Å²) in [6.07, 6.45) is 3.64. The summed E-state index contributed by atoms with van der Waals surface area (Å²) < 4.78 is 22.9. The first-order chi connectivity index (χ1) is 10.7. The first-order valence-electron chi connectivity index (χ1n) is 6.47. The fourth-order valence-electron chi connectivity index (χ4n) is 1.76. The number of nitrogens with zero attached hydrogens (tertiary/aromatic N) is 3. The first kappa shape index (κ1) is 17.6. The molecular weight excluding hydrogens is 362 g/mol. The van der Waals surface area contributed by atoms with E-state index in [1.165, 1.54) is 24.3 Å². The van der Waals surface area contributed by atoms with Gasteiger partial charge in [-0.2, -0.15) is 4.73 Å². The maximum atomic E-state index is 12.1. The van der Waals surface area contributed by atoms with Crippen molar-refractivity contribution < 1.29 is 17.9 Å². The van der Waals surface area contributed by atoms with Crippen LogP contribution in [0.5, 0.6) is 0 Å². The minimum Gasteiger partial charge on any atom is -0.619 e. The van der Waals surface area contributed by atoms with Crippen LogP contribution in [0.1, 0.15) is 6.42 Å². The maximum Gasteiger partial charge on any atom is 0.228 e. The van der Waals surface area contributed by atoms with Gasteiger partial charge in [0.2, 0.25) is 5.91 Å². The van der Waals surface area contributed by atoms with Gasteiger partial charge in [0.25, 0.3) is 0 Å². The average Bonchev–Trinajstić information content (AvgIpc) is 2.85. The smallest absolute Gasteiger partial charge is 0.228 e. The molecule has 0 aliphatic rings. The Morgan fingerprint density at radius 3 is 2.83 bits per heavy atom. The van der Waals surface area contributed by atoms with E-state index in [4.69, 9.17) is 11.6 Å². The van der Waals surface area contributed by atoms with Crippen LogP contribution in [-0.4, -0.2) is 38.4 Å². The van der Waals surface area contributed by atoms with Crippen molar-refractivity contribution in [1.82, 2.24) is 4.98 Å². The molecule has 7 nitrogen and oxygen atoms in total. The highest BCUT2D eigenvalue weighted by atomic mass is 35.5. The van der Waals surface area contributed by atoms with Crippen LogP contribution in [0.25, 0.3) is 10.6 Å². The number of aromatic nitrogens is 2. The minimum absolute atomic E-state index is 0.126. The molecular formula is C13H14ClN3O4S2. The molecule has 2 aromatic rings. The summed E-state index contributed by atoms with van der Waals surface area (Å²) in [5.74, 6) is -0.603. The molecule has 0 radical (unpaired) electrons. The van der Waals surface area contributed by atoms with Crippen molar-refractivity contribution in [3.8, 4) is 10.6 Å². The van der Waals surface area contributed by atoms with Crippen LogP contribution in [0.2, 0.25) is 5.15 Å². The van der Waals surface area contributed by atoms with Crippen LogP contribution in [0, 0.1) is 5.21 Å². The van der Waals surface area contributed by atoms with E-state index in [1.54, 1.807) is 12.1 Å². The number of hydrogen-bond acceptors (Lipinski definition) is 6. The van der Waals surface area contributed by atoms with Gasteiger partial charge in [0.1, 0.15) is 19.8 Å². The van der Waals surface area contributed by atoms with Gasteiger partial charge in [-0.05, 0) is 6.07 Å². The Hall–Kier alpha value is -1.71. The van der Waals surface area contributed by atoms with Gasteiger partial charge in [-0.25, -0.2) is 13.4 Å². The zero-order valence-corrected chi connectivity index (χ0v) is 14.8. The lowest BCUT2D eigenvalue weighted by Crippen LogP contribution is -2.27. The highest BCUT2D eigenvalue weighted by molar-refractivity contribution is 7.90. The number of thiazole rings is 1. The lowest BCUT2D eigenvalue weighted by atomic mass is 10.3. The van der Waals surface area contributed by atoms with Gasteiger partial charge in [-0.15, -0.1) is 0 Å². The third-order valence-corrected chi connectivity index (χ3v) is 5.46. The summed E-state index contributed by atoms with van der Waals surface area (Å²) >= 11 is 7.22. The van der Waals surface area contributed by atoms with Crippen molar-refractivity contribution >= 4 is 43.7 Å². The summed E-state index contributed by atoms with van der Waals surface area (Å²) in [5, 5.41) is 12.3. The standard InChI is InChI=1S/C13H14ClN3O4S2/c1-16(10(18)5-7-23(2,20)21)13-11(14)15-12(22-13)9-4-3-6-17(19)8-9/h3-4,6,8H,5,7H2,1-2H3. The number of carbonyl (C=O) groups is 1. The quantitative estimate of drug-likeness (QED) is 0.583. The highest BCUT2D eigenvalue weighted by Gasteiger charge is 2.21. The number of amides is 1. The average molecular weight is 376 g/mol.